The first-order valence-corrected chi connectivity index (χ1v) is 5.77. The van der Waals surface area contributed by atoms with Crippen LogP contribution < -0.4 is 0 Å². The standard InChI is InChI=1S/C10H21N.C2H6/c1-5-11(4)8-10(3)7-6-9(10)2;1-2/h9H,5-8H2,1-4H3;1-2H3. The van der Waals surface area contributed by atoms with Gasteiger partial charge >= 0.3 is 0 Å². The largest absolute Gasteiger partial charge is 0.306 e. The van der Waals surface area contributed by atoms with E-state index in [1.165, 1.54) is 25.9 Å². The van der Waals surface area contributed by atoms with E-state index in [4.69, 9.17) is 0 Å². The summed E-state index contributed by atoms with van der Waals surface area (Å²) in [6.07, 6.45) is 2.87. The van der Waals surface area contributed by atoms with E-state index in [-0.39, 0.29) is 0 Å². The van der Waals surface area contributed by atoms with Crippen LogP contribution in [0.15, 0.2) is 0 Å². The van der Waals surface area contributed by atoms with Gasteiger partial charge in [-0.2, -0.15) is 0 Å². The summed E-state index contributed by atoms with van der Waals surface area (Å²) in [4.78, 5) is 2.43. The molecule has 0 aromatic carbocycles. The van der Waals surface area contributed by atoms with E-state index < -0.39 is 0 Å². The number of nitrogens with zero attached hydrogens (tertiary/aromatic N) is 1. The fourth-order valence-corrected chi connectivity index (χ4v) is 1.89. The molecule has 13 heavy (non-hydrogen) atoms. The monoisotopic (exact) mass is 185 g/mol. The van der Waals surface area contributed by atoms with Gasteiger partial charge in [0.2, 0.25) is 0 Å². The molecule has 1 rings (SSSR count). The maximum absolute atomic E-state index is 2.43. The van der Waals surface area contributed by atoms with Gasteiger partial charge in [-0.1, -0.05) is 34.6 Å². The van der Waals surface area contributed by atoms with E-state index in [0.717, 1.165) is 5.92 Å². The molecular weight excluding hydrogens is 158 g/mol. The minimum atomic E-state index is 0.630. The average molecular weight is 185 g/mol. The van der Waals surface area contributed by atoms with Gasteiger partial charge in [0.15, 0.2) is 0 Å². The van der Waals surface area contributed by atoms with Crippen molar-refractivity contribution in [3.05, 3.63) is 0 Å². The van der Waals surface area contributed by atoms with Gasteiger partial charge in [-0.25, -0.2) is 0 Å². The molecule has 1 heteroatoms. The highest BCUT2D eigenvalue weighted by molar-refractivity contribution is 4.91. The topological polar surface area (TPSA) is 3.24 Å². The van der Waals surface area contributed by atoms with Gasteiger partial charge in [-0.3, -0.25) is 0 Å². The van der Waals surface area contributed by atoms with Crippen LogP contribution in [0.4, 0.5) is 0 Å². The number of hydrogen-bond acceptors (Lipinski definition) is 1. The van der Waals surface area contributed by atoms with Gasteiger partial charge in [-0.15, -0.1) is 0 Å². The molecule has 0 heterocycles. The lowest BCUT2D eigenvalue weighted by Gasteiger charge is -2.47. The Hall–Kier alpha value is -0.0400. The van der Waals surface area contributed by atoms with E-state index in [0.29, 0.717) is 5.41 Å². The molecule has 0 aromatic heterocycles. The average Bonchev–Trinajstić information content (AvgIpc) is 2.18. The second-order valence-corrected chi connectivity index (χ2v) is 4.42. The zero-order chi connectivity index (χ0) is 10.5. The van der Waals surface area contributed by atoms with Gasteiger partial charge in [-0.05, 0) is 37.8 Å². The third-order valence-corrected chi connectivity index (χ3v) is 3.51. The molecule has 0 amide bonds. The predicted octanol–water partition coefficient (Wildman–Crippen LogP) is 3.40. The SMILES string of the molecule is CC.CCN(C)CC1(C)CCC1C. The van der Waals surface area contributed by atoms with Crippen molar-refractivity contribution in [3.8, 4) is 0 Å². The molecule has 0 aromatic rings. The summed E-state index contributed by atoms with van der Waals surface area (Å²) in [7, 11) is 2.22. The summed E-state index contributed by atoms with van der Waals surface area (Å²) in [6, 6.07) is 0. The molecule has 1 saturated carbocycles. The van der Waals surface area contributed by atoms with Crippen LogP contribution in [0.2, 0.25) is 0 Å². The van der Waals surface area contributed by atoms with Crippen molar-refractivity contribution in [1.82, 2.24) is 4.90 Å². The Morgan fingerprint density at radius 2 is 1.92 bits per heavy atom. The Labute approximate surface area is 84.5 Å². The third kappa shape index (κ3) is 3.30. The van der Waals surface area contributed by atoms with E-state index in [2.05, 4.69) is 32.7 Å². The van der Waals surface area contributed by atoms with Gasteiger partial charge < -0.3 is 4.90 Å². The third-order valence-electron chi connectivity index (χ3n) is 3.51. The second kappa shape index (κ2) is 5.64. The molecular formula is C12H27N. The predicted molar refractivity (Wildman–Crippen MR) is 61.0 cm³/mol. The Balaban J connectivity index is 0.000000671. The molecule has 1 fully saturated rings. The summed E-state index contributed by atoms with van der Waals surface area (Å²) >= 11 is 0. The quantitative estimate of drug-likeness (QED) is 0.651. The summed E-state index contributed by atoms with van der Waals surface area (Å²) in [5, 5.41) is 0. The Bertz CT molecular complexity index is 133. The number of hydrogen-bond donors (Lipinski definition) is 0. The Morgan fingerprint density at radius 3 is 2.15 bits per heavy atom. The minimum absolute atomic E-state index is 0.630. The highest BCUT2D eigenvalue weighted by Crippen LogP contribution is 2.46. The van der Waals surface area contributed by atoms with Crippen molar-refractivity contribution in [1.29, 1.82) is 0 Å². The molecule has 0 bridgehead atoms. The molecule has 1 nitrogen and oxygen atoms in total. The van der Waals surface area contributed by atoms with E-state index >= 15 is 0 Å². The van der Waals surface area contributed by atoms with Gasteiger partial charge in [0.25, 0.3) is 0 Å². The van der Waals surface area contributed by atoms with Gasteiger partial charge in [0.05, 0.1) is 0 Å². The maximum atomic E-state index is 2.43. The molecule has 0 aliphatic heterocycles. The highest BCUT2D eigenvalue weighted by Gasteiger charge is 2.39. The van der Waals surface area contributed by atoms with Crippen molar-refractivity contribution in [2.24, 2.45) is 11.3 Å². The Morgan fingerprint density at radius 1 is 1.38 bits per heavy atom. The van der Waals surface area contributed by atoms with Crippen LogP contribution in [0, 0.1) is 11.3 Å². The van der Waals surface area contributed by atoms with E-state index in [1.54, 1.807) is 0 Å². The fourth-order valence-electron chi connectivity index (χ4n) is 1.89. The normalized spacial score (nSPS) is 32.1. The molecule has 0 spiro atoms. The summed E-state index contributed by atoms with van der Waals surface area (Å²) in [6.45, 7) is 13.5. The van der Waals surface area contributed by atoms with E-state index in [1.807, 2.05) is 13.8 Å². The Kier molecular flexibility index (Phi) is 5.62. The molecule has 80 valence electrons. The van der Waals surface area contributed by atoms with Gasteiger partial charge in [0, 0.05) is 6.54 Å². The second-order valence-electron chi connectivity index (χ2n) is 4.42. The van der Waals surface area contributed by atoms with Crippen molar-refractivity contribution in [3.63, 3.8) is 0 Å². The van der Waals surface area contributed by atoms with Crippen molar-refractivity contribution in [2.45, 2.75) is 47.5 Å². The first-order chi connectivity index (χ1) is 6.08. The van der Waals surface area contributed by atoms with Crippen LogP contribution in [0.5, 0.6) is 0 Å². The van der Waals surface area contributed by atoms with Crippen LogP contribution in [0.1, 0.15) is 47.5 Å². The molecule has 2 unspecified atom stereocenters. The molecule has 0 radical (unpaired) electrons. The summed E-state index contributed by atoms with van der Waals surface area (Å²) in [5.74, 6) is 0.941. The molecule has 2 atom stereocenters. The molecule has 0 saturated heterocycles. The smallest absolute Gasteiger partial charge is 0.00347 e. The molecule has 1 aliphatic rings. The zero-order valence-corrected chi connectivity index (χ0v) is 10.4. The van der Waals surface area contributed by atoms with Crippen molar-refractivity contribution < 1.29 is 0 Å². The summed E-state index contributed by atoms with van der Waals surface area (Å²) in [5.41, 5.74) is 0.630. The molecule has 0 N–H and O–H groups in total. The first-order valence-electron chi connectivity index (χ1n) is 5.77. The van der Waals surface area contributed by atoms with Crippen LogP contribution >= 0.6 is 0 Å². The van der Waals surface area contributed by atoms with Crippen molar-refractivity contribution >= 4 is 0 Å². The lowest BCUT2D eigenvalue weighted by molar-refractivity contribution is 0.0300. The van der Waals surface area contributed by atoms with E-state index in [9.17, 15) is 0 Å². The minimum Gasteiger partial charge on any atom is -0.306 e. The lowest BCUT2D eigenvalue weighted by Crippen LogP contribution is -2.44. The fraction of sp³-hybridized carbons (Fsp3) is 1.00. The zero-order valence-electron chi connectivity index (χ0n) is 10.4. The highest BCUT2D eigenvalue weighted by atomic mass is 15.1. The number of rotatable bonds is 3. The van der Waals surface area contributed by atoms with Crippen LogP contribution in [0.3, 0.4) is 0 Å². The van der Waals surface area contributed by atoms with Crippen molar-refractivity contribution in [2.75, 3.05) is 20.1 Å². The van der Waals surface area contributed by atoms with Crippen LogP contribution in [-0.4, -0.2) is 25.0 Å². The molecule has 1 aliphatic carbocycles. The van der Waals surface area contributed by atoms with Gasteiger partial charge in [0.1, 0.15) is 0 Å². The van der Waals surface area contributed by atoms with Crippen LogP contribution in [0.25, 0.3) is 0 Å². The first kappa shape index (κ1) is 13.0. The lowest BCUT2D eigenvalue weighted by atomic mass is 9.62. The summed E-state index contributed by atoms with van der Waals surface area (Å²) < 4.78 is 0. The van der Waals surface area contributed by atoms with Crippen LogP contribution in [-0.2, 0) is 0 Å². The maximum Gasteiger partial charge on any atom is 0.00347 e.